The van der Waals surface area contributed by atoms with Crippen molar-refractivity contribution in [2.24, 2.45) is 5.73 Å². The van der Waals surface area contributed by atoms with Crippen molar-refractivity contribution in [2.75, 3.05) is 26.4 Å². The minimum absolute atomic E-state index is 0.170. The fourth-order valence-corrected chi connectivity index (χ4v) is 7.12. The zero-order chi connectivity index (χ0) is 37.4. The van der Waals surface area contributed by atoms with E-state index in [9.17, 15) is 4.79 Å². The first-order chi connectivity index (χ1) is 25.7. The van der Waals surface area contributed by atoms with Gasteiger partial charge in [0.2, 0.25) is 5.91 Å². The Morgan fingerprint density at radius 2 is 0.904 bits per heavy atom. The summed E-state index contributed by atoms with van der Waals surface area (Å²) < 4.78 is 12.1. The molecule has 52 heavy (non-hydrogen) atoms. The normalized spacial score (nSPS) is 12.2. The van der Waals surface area contributed by atoms with Crippen LogP contribution in [0, 0.1) is 0 Å². The highest BCUT2D eigenvalue weighted by Crippen LogP contribution is 2.15. The average molecular weight is 733 g/mol. The lowest BCUT2D eigenvalue weighted by atomic mass is 10.0. The number of nitrogens with two attached hydrogens (primary N) is 1. The predicted octanol–water partition coefficient (Wildman–Crippen LogP) is 12.3. The van der Waals surface area contributed by atoms with Gasteiger partial charge in [-0.3, -0.25) is 4.79 Å². The summed E-state index contributed by atoms with van der Waals surface area (Å²) in [6.07, 6.45) is 47.4. The molecule has 1 rings (SSSR count). The smallest absolute Gasteiger partial charge is 0.237 e. The Labute approximate surface area is 322 Å². The lowest BCUT2D eigenvalue weighted by Crippen LogP contribution is -2.49. The summed E-state index contributed by atoms with van der Waals surface area (Å²) in [6.45, 7) is 6.95. The second kappa shape index (κ2) is 39.3. The number of imidazole rings is 1. The zero-order valence-corrected chi connectivity index (χ0v) is 34.7. The molecule has 0 radical (unpaired) electrons. The third kappa shape index (κ3) is 33.2. The van der Waals surface area contributed by atoms with Crippen molar-refractivity contribution in [3.8, 4) is 0 Å². The molecule has 7 heteroatoms. The number of amides is 1. The minimum Gasteiger partial charge on any atom is -0.379 e. The molecule has 1 heterocycles. The number of carbonyl (C=O) groups is 1. The number of H-pyrrole nitrogens is 1. The molecule has 0 fully saturated rings. The summed E-state index contributed by atoms with van der Waals surface area (Å²) in [5.41, 5.74) is 7.07. The van der Waals surface area contributed by atoms with Crippen molar-refractivity contribution >= 4 is 5.91 Å². The van der Waals surface area contributed by atoms with Gasteiger partial charge in [-0.05, 0) is 12.8 Å². The highest BCUT2D eigenvalue weighted by Gasteiger charge is 2.19. The van der Waals surface area contributed by atoms with Gasteiger partial charge in [-0.2, -0.15) is 0 Å². The van der Waals surface area contributed by atoms with E-state index in [4.69, 9.17) is 15.2 Å². The molecule has 1 amide bonds. The predicted molar refractivity (Wildman–Crippen MR) is 223 cm³/mol. The van der Waals surface area contributed by atoms with E-state index in [1.54, 1.807) is 12.5 Å². The molecule has 0 bridgehead atoms. The maximum Gasteiger partial charge on any atom is 0.237 e. The number of aromatic amines is 1. The van der Waals surface area contributed by atoms with Crippen LogP contribution in [0.25, 0.3) is 0 Å². The standard InChI is InChI=1S/C45H88N4O3/c1-3-5-7-9-11-13-15-17-19-21-23-25-27-29-31-33-35-51-39-43(49-45(50)44(46)37-42-38-47-41-48-42)40-52-36-34-32-30-28-26-24-22-20-18-16-14-12-10-8-6-4-2/h38,41,43-44H,3-37,39-40,46H2,1-2H3,(H,47,48)(H,49,50). The quantitative estimate of drug-likeness (QED) is 0.0581. The molecule has 1 unspecified atom stereocenters. The van der Waals surface area contributed by atoms with Gasteiger partial charge in [-0.1, -0.05) is 206 Å². The Hall–Kier alpha value is -1.44. The summed E-state index contributed by atoms with van der Waals surface area (Å²) in [7, 11) is 0. The van der Waals surface area contributed by atoms with E-state index in [1.807, 2.05) is 0 Å². The van der Waals surface area contributed by atoms with E-state index in [2.05, 4.69) is 29.1 Å². The summed E-state index contributed by atoms with van der Waals surface area (Å²) in [4.78, 5) is 19.9. The number of hydrogen-bond donors (Lipinski definition) is 3. The maximum atomic E-state index is 12.9. The molecule has 1 aromatic rings. The van der Waals surface area contributed by atoms with E-state index in [0.29, 0.717) is 19.6 Å². The first-order valence-corrected chi connectivity index (χ1v) is 22.9. The monoisotopic (exact) mass is 733 g/mol. The highest BCUT2D eigenvalue weighted by atomic mass is 16.5. The van der Waals surface area contributed by atoms with Crippen LogP contribution in [0.5, 0.6) is 0 Å². The minimum atomic E-state index is -0.636. The van der Waals surface area contributed by atoms with Gasteiger partial charge >= 0.3 is 0 Å². The van der Waals surface area contributed by atoms with Crippen LogP contribution in [-0.4, -0.2) is 54.4 Å². The van der Waals surface area contributed by atoms with E-state index in [0.717, 1.165) is 31.7 Å². The van der Waals surface area contributed by atoms with Crippen LogP contribution in [0.1, 0.15) is 225 Å². The van der Waals surface area contributed by atoms with Crippen molar-refractivity contribution in [3.63, 3.8) is 0 Å². The van der Waals surface area contributed by atoms with Gasteiger partial charge in [-0.15, -0.1) is 0 Å². The number of nitrogens with zero attached hydrogens (tertiary/aromatic N) is 1. The maximum absolute atomic E-state index is 12.9. The molecule has 1 aromatic heterocycles. The molecule has 0 spiro atoms. The van der Waals surface area contributed by atoms with Gasteiger partial charge in [0, 0.05) is 31.5 Å². The summed E-state index contributed by atoms with van der Waals surface area (Å²) in [5, 5.41) is 3.09. The van der Waals surface area contributed by atoms with Gasteiger partial charge in [-0.25, -0.2) is 4.98 Å². The Kier molecular flexibility index (Phi) is 36.7. The lowest BCUT2D eigenvalue weighted by Gasteiger charge is -2.21. The van der Waals surface area contributed by atoms with E-state index in [-0.39, 0.29) is 11.9 Å². The number of ether oxygens (including phenoxy) is 2. The first kappa shape index (κ1) is 48.6. The van der Waals surface area contributed by atoms with Crippen molar-refractivity contribution in [1.82, 2.24) is 15.3 Å². The number of nitrogens with one attached hydrogen (secondary N) is 2. The van der Waals surface area contributed by atoms with Crippen LogP contribution in [-0.2, 0) is 20.7 Å². The van der Waals surface area contributed by atoms with E-state index < -0.39 is 6.04 Å². The van der Waals surface area contributed by atoms with Crippen LogP contribution >= 0.6 is 0 Å². The number of hydrogen-bond acceptors (Lipinski definition) is 5. The van der Waals surface area contributed by atoms with Crippen LogP contribution in [0.2, 0.25) is 0 Å². The van der Waals surface area contributed by atoms with Crippen molar-refractivity contribution in [1.29, 1.82) is 0 Å². The fraction of sp³-hybridized carbons (Fsp3) is 0.911. The molecule has 0 aliphatic heterocycles. The zero-order valence-electron chi connectivity index (χ0n) is 34.7. The molecule has 306 valence electrons. The molecule has 0 aromatic carbocycles. The molecule has 0 aliphatic rings. The van der Waals surface area contributed by atoms with Gasteiger partial charge < -0.3 is 25.5 Å². The largest absolute Gasteiger partial charge is 0.379 e. The van der Waals surface area contributed by atoms with Crippen molar-refractivity contribution in [2.45, 2.75) is 238 Å². The van der Waals surface area contributed by atoms with Gasteiger partial charge in [0.05, 0.1) is 31.6 Å². The van der Waals surface area contributed by atoms with Crippen LogP contribution in [0.4, 0.5) is 0 Å². The summed E-state index contributed by atoms with van der Waals surface area (Å²) in [5.74, 6) is -0.170. The second-order valence-electron chi connectivity index (χ2n) is 15.8. The molecule has 0 saturated carbocycles. The molecular weight excluding hydrogens is 645 g/mol. The Morgan fingerprint density at radius 3 is 1.21 bits per heavy atom. The van der Waals surface area contributed by atoms with Crippen LogP contribution in [0.15, 0.2) is 12.5 Å². The molecule has 0 saturated heterocycles. The van der Waals surface area contributed by atoms with Crippen LogP contribution < -0.4 is 11.1 Å². The Bertz CT molecular complexity index is 797. The highest BCUT2D eigenvalue weighted by molar-refractivity contribution is 5.82. The number of rotatable bonds is 42. The topological polar surface area (TPSA) is 102 Å². The Balaban J connectivity index is 2.09. The fourth-order valence-electron chi connectivity index (χ4n) is 7.12. The number of aromatic nitrogens is 2. The molecule has 7 nitrogen and oxygen atoms in total. The van der Waals surface area contributed by atoms with Gasteiger partial charge in [0.15, 0.2) is 0 Å². The molecule has 0 aliphatic carbocycles. The molecular formula is C45H88N4O3. The third-order valence-electron chi connectivity index (χ3n) is 10.6. The first-order valence-electron chi connectivity index (χ1n) is 22.9. The van der Waals surface area contributed by atoms with Crippen molar-refractivity contribution < 1.29 is 14.3 Å². The summed E-state index contributed by atoms with van der Waals surface area (Å²) >= 11 is 0. The van der Waals surface area contributed by atoms with Gasteiger partial charge in [0.1, 0.15) is 0 Å². The van der Waals surface area contributed by atoms with Crippen LogP contribution in [0.3, 0.4) is 0 Å². The van der Waals surface area contributed by atoms with Crippen molar-refractivity contribution in [3.05, 3.63) is 18.2 Å². The molecule has 4 N–H and O–H groups in total. The Morgan fingerprint density at radius 1 is 0.577 bits per heavy atom. The van der Waals surface area contributed by atoms with E-state index >= 15 is 0 Å². The lowest BCUT2D eigenvalue weighted by molar-refractivity contribution is -0.124. The molecule has 1 atom stereocenters. The summed E-state index contributed by atoms with van der Waals surface area (Å²) in [6, 6.07) is -0.828. The number of unbranched alkanes of at least 4 members (excludes halogenated alkanes) is 30. The van der Waals surface area contributed by atoms with E-state index in [1.165, 1.54) is 193 Å². The average Bonchev–Trinajstić information content (AvgIpc) is 3.66. The number of carbonyl (C=O) groups excluding carboxylic acids is 1. The third-order valence-corrected chi connectivity index (χ3v) is 10.6. The SMILES string of the molecule is CCCCCCCCCCCCCCCCCCOCC(COCCCCCCCCCCCCCCCCCC)NC(=O)C(N)Cc1cnc[nH]1. The van der Waals surface area contributed by atoms with Gasteiger partial charge in [0.25, 0.3) is 0 Å². The second-order valence-corrected chi connectivity index (χ2v) is 15.8.